The number of hydrogen-bond acceptors (Lipinski definition) is 7. The fourth-order valence-corrected chi connectivity index (χ4v) is 3.12. The van der Waals surface area contributed by atoms with E-state index in [4.69, 9.17) is 15.9 Å². The van der Waals surface area contributed by atoms with E-state index < -0.39 is 30.3 Å². The summed E-state index contributed by atoms with van der Waals surface area (Å²) in [5.41, 5.74) is 6.33. The van der Waals surface area contributed by atoms with Crippen LogP contribution in [0.5, 0.6) is 0 Å². The van der Waals surface area contributed by atoms with Gasteiger partial charge in [-0.1, -0.05) is 24.3 Å². The molecule has 0 amide bonds. The van der Waals surface area contributed by atoms with E-state index in [1.54, 1.807) is 18.2 Å². The molecule has 33 heavy (non-hydrogen) atoms. The third-order valence-corrected chi connectivity index (χ3v) is 4.75. The second-order valence-electron chi connectivity index (χ2n) is 7.72. The molecule has 0 radical (unpaired) electrons. The molecule has 0 aromatic carbocycles. The van der Waals surface area contributed by atoms with Gasteiger partial charge in [0.2, 0.25) is 5.78 Å². The third-order valence-electron chi connectivity index (χ3n) is 4.75. The first-order valence-corrected chi connectivity index (χ1v) is 10.3. The van der Waals surface area contributed by atoms with E-state index in [9.17, 15) is 22.4 Å². The third kappa shape index (κ3) is 9.50. The second-order valence-corrected chi connectivity index (χ2v) is 7.72. The number of allylic oxidation sites excluding steroid dienone is 3. The number of nitrogens with two attached hydrogens (primary N) is 1. The number of Topliss-reactive ketones (excluding diaryl/α,β-unsaturated/α-hetero) is 1. The Labute approximate surface area is 189 Å². The highest BCUT2D eigenvalue weighted by atomic mass is 19.4. The van der Waals surface area contributed by atoms with Crippen molar-refractivity contribution in [2.75, 3.05) is 39.5 Å². The molecule has 1 aromatic rings. The molecule has 0 saturated carbocycles. The SMILES string of the molecule is N=CC(=O)c1ccnc(C/C=C\C=C/COCC(F)(F)F)c1CC(N)CNCC1(F)COC1. The van der Waals surface area contributed by atoms with Gasteiger partial charge in [0.05, 0.1) is 26.0 Å². The van der Waals surface area contributed by atoms with E-state index in [2.05, 4.69) is 15.0 Å². The zero-order chi connectivity index (χ0) is 24.3. The zero-order valence-corrected chi connectivity index (χ0v) is 18.0. The van der Waals surface area contributed by atoms with Crippen LogP contribution >= 0.6 is 0 Å². The summed E-state index contributed by atoms with van der Waals surface area (Å²) in [6, 6.07) is 1.10. The van der Waals surface area contributed by atoms with Gasteiger partial charge in [-0.05, 0) is 18.1 Å². The first kappa shape index (κ1) is 26.8. The van der Waals surface area contributed by atoms with Crippen molar-refractivity contribution in [1.82, 2.24) is 10.3 Å². The van der Waals surface area contributed by atoms with Gasteiger partial charge in [-0.15, -0.1) is 0 Å². The van der Waals surface area contributed by atoms with E-state index in [-0.39, 0.29) is 32.8 Å². The second kappa shape index (κ2) is 12.7. The van der Waals surface area contributed by atoms with Gasteiger partial charge in [0, 0.05) is 43.0 Å². The summed E-state index contributed by atoms with van der Waals surface area (Å²) in [5.74, 6) is -0.478. The highest BCUT2D eigenvalue weighted by Crippen LogP contribution is 2.20. The largest absolute Gasteiger partial charge is 0.411 e. The summed E-state index contributed by atoms with van der Waals surface area (Å²) in [4.78, 5) is 16.5. The maximum Gasteiger partial charge on any atom is 0.411 e. The molecule has 2 rings (SSSR count). The molecule has 1 atom stereocenters. The fraction of sp³-hybridized carbons (Fsp3) is 0.500. The molecular formula is C22H28F4N4O3. The molecule has 7 nitrogen and oxygen atoms in total. The molecule has 2 heterocycles. The smallest absolute Gasteiger partial charge is 0.375 e. The van der Waals surface area contributed by atoms with Gasteiger partial charge in [-0.3, -0.25) is 9.78 Å². The number of rotatable bonds is 14. The quantitative estimate of drug-likeness (QED) is 0.126. The van der Waals surface area contributed by atoms with Crippen molar-refractivity contribution >= 4 is 12.0 Å². The van der Waals surface area contributed by atoms with Crippen molar-refractivity contribution in [3.05, 3.63) is 53.4 Å². The lowest BCUT2D eigenvalue weighted by Crippen LogP contribution is -2.54. The molecule has 0 spiro atoms. The number of nitrogens with zero attached hydrogens (tertiary/aromatic N) is 1. The van der Waals surface area contributed by atoms with Crippen LogP contribution in [0.25, 0.3) is 0 Å². The maximum atomic E-state index is 14.0. The Bertz CT molecular complexity index is 855. The van der Waals surface area contributed by atoms with Crippen LogP contribution in [-0.2, 0) is 22.3 Å². The number of halogens is 4. The molecular weight excluding hydrogens is 444 g/mol. The molecule has 1 aliphatic rings. The predicted octanol–water partition coefficient (Wildman–Crippen LogP) is 2.35. The minimum absolute atomic E-state index is 0.0508. The standard InChI is InChI=1S/C22H28F4N4O3/c23-21(13-33-14-21)12-29-11-16(28)9-18-17(20(31)10-27)6-7-30-19(18)5-3-1-2-4-8-32-15-22(24,25)26/h1-4,6-7,10,16,27,29H,5,8-9,11-15,28H2/b3-1-,4-2-,27-10?. The van der Waals surface area contributed by atoms with E-state index >= 15 is 0 Å². The number of aromatic nitrogens is 1. The van der Waals surface area contributed by atoms with Gasteiger partial charge < -0.3 is 25.9 Å². The molecule has 1 unspecified atom stereocenters. The number of pyridine rings is 1. The van der Waals surface area contributed by atoms with Gasteiger partial charge in [0.15, 0.2) is 5.67 Å². The average molecular weight is 472 g/mol. The molecule has 0 bridgehead atoms. The van der Waals surface area contributed by atoms with Crippen molar-refractivity contribution in [1.29, 1.82) is 5.41 Å². The molecule has 1 aliphatic heterocycles. The Morgan fingerprint density at radius 2 is 2.09 bits per heavy atom. The molecule has 4 N–H and O–H groups in total. The summed E-state index contributed by atoms with van der Waals surface area (Å²) in [6.07, 6.45) is 4.82. The highest BCUT2D eigenvalue weighted by Gasteiger charge is 2.38. The Morgan fingerprint density at radius 3 is 2.73 bits per heavy atom. The lowest BCUT2D eigenvalue weighted by Gasteiger charge is -2.34. The monoisotopic (exact) mass is 472 g/mol. The Kier molecular flexibility index (Phi) is 10.3. The number of ketones is 1. The first-order valence-electron chi connectivity index (χ1n) is 10.3. The molecule has 0 aliphatic carbocycles. The molecule has 11 heteroatoms. The van der Waals surface area contributed by atoms with Crippen LogP contribution < -0.4 is 11.1 Å². The van der Waals surface area contributed by atoms with Crippen LogP contribution in [0.1, 0.15) is 21.6 Å². The Balaban J connectivity index is 1.96. The minimum atomic E-state index is -4.36. The Morgan fingerprint density at radius 1 is 1.36 bits per heavy atom. The first-order chi connectivity index (χ1) is 15.6. The Hall–Kier alpha value is -2.47. The van der Waals surface area contributed by atoms with Crippen LogP contribution in [0, 0.1) is 5.41 Å². The van der Waals surface area contributed by atoms with E-state index in [0.29, 0.717) is 29.8 Å². The zero-order valence-electron chi connectivity index (χ0n) is 18.0. The maximum absolute atomic E-state index is 14.0. The summed E-state index contributed by atoms with van der Waals surface area (Å²) in [5, 5.41) is 10.3. The predicted molar refractivity (Wildman–Crippen MR) is 115 cm³/mol. The van der Waals surface area contributed by atoms with Gasteiger partial charge in [-0.2, -0.15) is 13.2 Å². The lowest BCUT2D eigenvalue weighted by molar-refractivity contribution is -0.171. The lowest BCUT2D eigenvalue weighted by atomic mass is 9.95. The van der Waals surface area contributed by atoms with Crippen LogP contribution in [0.2, 0.25) is 0 Å². The van der Waals surface area contributed by atoms with Crippen LogP contribution in [0.4, 0.5) is 17.6 Å². The number of nitrogens with one attached hydrogen (secondary N) is 2. The van der Waals surface area contributed by atoms with E-state index in [1.165, 1.54) is 18.3 Å². The van der Waals surface area contributed by atoms with Crippen molar-refractivity contribution in [3.8, 4) is 0 Å². The van der Waals surface area contributed by atoms with Crippen molar-refractivity contribution in [2.24, 2.45) is 5.73 Å². The average Bonchev–Trinajstić information content (AvgIpc) is 2.73. The van der Waals surface area contributed by atoms with Crippen LogP contribution in [-0.4, -0.2) is 74.4 Å². The number of carbonyl (C=O) groups is 1. The van der Waals surface area contributed by atoms with Gasteiger partial charge >= 0.3 is 6.18 Å². The minimum Gasteiger partial charge on any atom is -0.375 e. The van der Waals surface area contributed by atoms with Crippen molar-refractivity contribution in [3.63, 3.8) is 0 Å². The summed E-state index contributed by atoms with van der Waals surface area (Å²) in [7, 11) is 0. The summed E-state index contributed by atoms with van der Waals surface area (Å²) in [6.45, 7) is -0.948. The molecule has 182 valence electrons. The normalized spacial score (nSPS) is 16.8. The topological polar surface area (TPSA) is 110 Å². The number of alkyl halides is 4. The van der Waals surface area contributed by atoms with E-state index in [0.717, 1.165) is 6.21 Å². The molecule has 1 fully saturated rings. The summed E-state index contributed by atoms with van der Waals surface area (Å²) < 4.78 is 59.4. The fourth-order valence-electron chi connectivity index (χ4n) is 3.12. The summed E-state index contributed by atoms with van der Waals surface area (Å²) >= 11 is 0. The van der Waals surface area contributed by atoms with Gasteiger partial charge in [0.25, 0.3) is 0 Å². The van der Waals surface area contributed by atoms with E-state index in [1.807, 2.05) is 0 Å². The molecule has 1 saturated heterocycles. The van der Waals surface area contributed by atoms with Crippen LogP contribution in [0.3, 0.4) is 0 Å². The number of ether oxygens (including phenoxy) is 2. The van der Waals surface area contributed by atoms with Crippen molar-refractivity contribution in [2.45, 2.75) is 30.7 Å². The van der Waals surface area contributed by atoms with Crippen molar-refractivity contribution < 1.29 is 31.8 Å². The number of hydrogen-bond donors (Lipinski definition) is 3. The van der Waals surface area contributed by atoms with Gasteiger partial charge in [-0.25, -0.2) is 4.39 Å². The van der Waals surface area contributed by atoms with Crippen LogP contribution in [0.15, 0.2) is 36.6 Å². The van der Waals surface area contributed by atoms with Gasteiger partial charge in [0.1, 0.15) is 6.61 Å². The highest BCUT2D eigenvalue weighted by molar-refractivity contribution is 6.34. The molecule has 1 aromatic heterocycles. The number of carbonyl (C=O) groups excluding carboxylic acids is 1.